The van der Waals surface area contributed by atoms with E-state index >= 15 is 0 Å². The maximum atomic E-state index is 13.5. The highest BCUT2D eigenvalue weighted by molar-refractivity contribution is 7.91. The van der Waals surface area contributed by atoms with Gasteiger partial charge in [0.05, 0.1) is 5.75 Å². The van der Waals surface area contributed by atoms with Gasteiger partial charge in [0.2, 0.25) is 10.0 Å². The summed E-state index contributed by atoms with van der Waals surface area (Å²) < 4.78 is 40.0. The van der Waals surface area contributed by atoms with E-state index in [4.69, 9.17) is 0 Å². The van der Waals surface area contributed by atoms with Crippen LogP contribution in [0, 0.1) is 19.7 Å². The van der Waals surface area contributed by atoms with Gasteiger partial charge in [0.15, 0.2) is 0 Å². The number of benzene rings is 2. The van der Waals surface area contributed by atoms with Crippen LogP contribution in [0.2, 0.25) is 0 Å². The van der Waals surface area contributed by atoms with Gasteiger partial charge in [-0.3, -0.25) is 4.72 Å². The monoisotopic (exact) mass is 293 g/mol. The third-order valence-corrected chi connectivity index (χ3v) is 4.32. The molecule has 0 heterocycles. The second kappa shape index (κ2) is 5.63. The first-order valence-electron chi connectivity index (χ1n) is 6.18. The summed E-state index contributed by atoms with van der Waals surface area (Å²) in [7, 11) is -3.63. The molecule has 2 aromatic carbocycles. The van der Waals surface area contributed by atoms with Crippen LogP contribution in [0.1, 0.15) is 16.7 Å². The molecular weight excluding hydrogens is 277 g/mol. The van der Waals surface area contributed by atoms with Gasteiger partial charge in [-0.25, -0.2) is 12.8 Å². The Morgan fingerprint density at radius 3 is 2.40 bits per heavy atom. The minimum Gasteiger partial charge on any atom is -0.283 e. The fourth-order valence-corrected chi connectivity index (χ4v) is 3.04. The predicted molar refractivity (Wildman–Crippen MR) is 78.6 cm³/mol. The van der Waals surface area contributed by atoms with Crippen molar-refractivity contribution in [2.75, 3.05) is 4.72 Å². The molecule has 0 atom stereocenters. The molecule has 0 bridgehead atoms. The maximum absolute atomic E-state index is 13.5. The predicted octanol–water partition coefficient (Wildman–Crippen LogP) is 3.38. The molecule has 0 aliphatic carbocycles. The molecule has 2 aromatic rings. The first kappa shape index (κ1) is 14.5. The Hall–Kier alpha value is -1.88. The number of hydrogen-bond acceptors (Lipinski definition) is 2. The molecule has 0 aromatic heterocycles. The Balaban J connectivity index is 2.19. The SMILES string of the molecule is Cc1ccc(NS(=O)(=O)Cc2ccccc2F)cc1C. The molecule has 0 aliphatic rings. The lowest BCUT2D eigenvalue weighted by molar-refractivity contribution is 0.591. The van der Waals surface area contributed by atoms with Crippen LogP contribution in [0.5, 0.6) is 0 Å². The summed E-state index contributed by atoms with van der Waals surface area (Å²) in [6.07, 6.45) is 0. The second-order valence-corrected chi connectivity index (χ2v) is 6.47. The summed E-state index contributed by atoms with van der Waals surface area (Å²) >= 11 is 0. The number of nitrogens with one attached hydrogen (secondary N) is 1. The van der Waals surface area contributed by atoms with Crippen molar-refractivity contribution in [2.24, 2.45) is 0 Å². The van der Waals surface area contributed by atoms with E-state index in [1.165, 1.54) is 18.2 Å². The first-order valence-corrected chi connectivity index (χ1v) is 7.84. The van der Waals surface area contributed by atoms with E-state index in [1.54, 1.807) is 18.2 Å². The minimum atomic E-state index is -3.63. The average molecular weight is 293 g/mol. The van der Waals surface area contributed by atoms with E-state index < -0.39 is 15.8 Å². The maximum Gasteiger partial charge on any atom is 0.237 e. The molecule has 0 unspecified atom stereocenters. The highest BCUT2D eigenvalue weighted by Crippen LogP contribution is 2.18. The zero-order valence-electron chi connectivity index (χ0n) is 11.4. The number of halogens is 1. The molecule has 0 saturated heterocycles. The van der Waals surface area contributed by atoms with Gasteiger partial charge >= 0.3 is 0 Å². The van der Waals surface area contributed by atoms with Crippen LogP contribution in [0.3, 0.4) is 0 Å². The molecule has 0 aliphatic heterocycles. The van der Waals surface area contributed by atoms with Crippen molar-refractivity contribution in [3.05, 3.63) is 65.0 Å². The van der Waals surface area contributed by atoms with Crippen LogP contribution in [0.4, 0.5) is 10.1 Å². The Bertz CT molecular complexity index is 726. The fourth-order valence-electron chi connectivity index (χ4n) is 1.84. The Morgan fingerprint density at radius 1 is 1.05 bits per heavy atom. The van der Waals surface area contributed by atoms with Crippen molar-refractivity contribution in [1.82, 2.24) is 0 Å². The summed E-state index contributed by atoms with van der Waals surface area (Å²) in [5.41, 5.74) is 2.73. The molecule has 106 valence electrons. The topological polar surface area (TPSA) is 46.2 Å². The Kier molecular flexibility index (Phi) is 4.09. The van der Waals surface area contributed by atoms with E-state index in [2.05, 4.69) is 4.72 Å². The number of hydrogen-bond donors (Lipinski definition) is 1. The van der Waals surface area contributed by atoms with Crippen molar-refractivity contribution in [1.29, 1.82) is 0 Å². The summed E-state index contributed by atoms with van der Waals surface area (Å²) in [5.74, 6) is -0.898. The van der Waals surface area contributed by atoms with Crippen molar-refractivity contribution in [3.63, 3.8) is 0 Å². The highest BCUT2D eigenvalue weighted by Gasteiger charge is 2.14. The van der Waals surface area contributed by atoms with Crippen molar-refractivity contribution in [2.45, 2.75) is 19.6 Å². The van der Waals surface area contributed by atoms with Gasteiger partial charge in [0.25, 0.3) is 0 Å². The Morgan fingerprint density at radius 2 is 1.75 bits per heavy atom. The fraction of sp³-hybridized carbons (Fsp3) is 0.200. The number of anilines is 1. The summed E-state index contributed by atoms with van der Waals surface area (Å²) in [6, 6.07) is 11.2. The first-order chi connectivity index (χ1) is 9.37. The van der Waals surface area contributed by atoms with Crippen LogP contribution in [-0.4, -0.2) is 8.42 Å². The summed E-state index contributed by atoms with van der Waals surface area (Å²) in [6.45, 7) is 3.86. The van der Waals surface area contributed by atoms with Crippen LogP contribution in [0.15, 0.2) is 42.5 Å². The van der Waals surface area contributed by atoms with Crippen molar-refractivity contribution < 1.29 is 12.8 Å². The summed E-state index contributed by atoms with van der Waals surface area (Å²) in [5, 5.41) is 0. The van der Waals surface area contributed by atoms with Crippen LogP contribution >= 0.6 is 0 Å². The molecule has 3 nitrogen and oxygen atoms in total. The van der Waals surface area contributed by atoms with Gasteiger partial charge in [-0.2, -0.15) is 0 Å². The lowest BCUT2D eigenvalue weighted by Gasteiger charge is -2.10. The quantitative estimate of drug-likeness (QED) is 0.939. The van der Waals surface area contributed by atoms with Gasteiger partial charge in [0.1, 0.15) is 5.82 Å². The zero-order chi connectivity index (χ0) is 14.8. The normalized spacial score (nSPS) is 11.3. The summed E-state index contributed by atoms with van der Waals surface area (Å²) in [4.78, 5) is 0. The van der Waals surface area contributed by atoms with E-state index in [-0.39, 0.29) is 11.3 Å². The molecule has 5 heteroatoms. The van der Waals surface area contributed by atoms with Gasteiger partial charge in [-0.1, -0.05) is 24.3 Å². The largest absolute Gasteiger partial charge is 0.283 e. The van der Waals surface area contributed by atoms with Crippen LogP contribution in [0.25, 0.3) is 0 Å². The standard InChI is InChI=1S/C15H16FNO2S/c1-11-7-8-14(9-12(11)2)17-20(18,19)10-13-5-3-4-6-15(13)16/h3-9,17H,10H2,1-2H3. The molecule has 0 amide bonds. The van der Waals surface area contributed by atoms with E-state index in [9.17, 15) is 12.8 Å². The van der Waals surface area contributed by atoms with Gasteiger partial charge < -0.3 is 0 Å². The Labute approximate surface area is 118 Å². The average Bonchev–Trinajstić information content (AvgIpc) is 2.36. The second-order valence-electron chi connectivity index (χ2n) is 4.75. The molecule has 20 heavy (non-hydrogen) atoms. The molecule has 1 N–H and O–H groups in total. The van der Waals surface area contributed by atoms with Crippen molar-refractivity contribution in [3.8, 4) is 0 Å². The van der Waals surface area contributed by atoms with E-state index in [1.807, 2.05) is 19.9 Å². The van der Waals surface area contributed by atoms with Crippen LogP contribution < -0.4 is 4.72 Å². The van der Waals surface area contributed by atoms with Crippen molar-refractivity contribution >= 4 is 15.7 Å². The lowest BCUT2D eigenvalue weighted by atomic mass is 10.1. The zero-order valence-corrected chi connectivity index (χ0v) is 12.2. The smallest absolute Gasteiger partial charge is 0.237 e. The molecule has 0 spiro atoms. The number of rotatable bonds is 4. The lowest BCUT2D eigenvalue weighted by Crippen LogP contribution is -2.16. The molecule has 2 rings (SSSR count). The third-order valence-electron chi connectivity index (χ3n) is 3.08. The van der Waals surface area contributed by atoms with E-state index in [0.29, 0.717) is 5.69 Å². The molecule has 0 saturated carbocycles. The third kappa shape index (κ3) is 3.57. The molecular formula is C15H16FNO2S. The minimum absolute atomic E-state index is 0.156. The van der Waals surface area contributed by atoms with Crippen LogP contribution in [-0.2, 0) is 15.8 Å². The molecule has 0 radical (unpaired) electrons. The van der Waals surface area contributed by atoms with Gasteiger partial charge in [-0.05, 0) is 43.2 Å². The molecule has 0 fully saturated rings. The number of aryl methyl sites for hydroxylation is 2. The highest BCUT2D eigenvalue weighted by atomic mass is 32.2. The van der Waals surface area contributed by atoms with Gasteiger partial charge in [0, 0.05) is 11.3 Å². The van der Waals surface area contributed by atoms with Gasteiger partial charge in [-0.15, -0.1) is 0 Å². The van der Waals surface area contributed by atoms with E-state index in [0.717, 1.165) is 11.1 Å². The number of sulfonamides is 1.